The molecule has 0 unspecified atom stereocenters. The second-order valence-electron chi connectivity index (χ2n) is 4.20. The summed E-state index contributed by atoms with van der Waals surface area (Å²) in [4.78, 5) is 13.8. The highest BCUT2D eigenvalue weighted by atomic mass is 35.5. The van der Waals surface area contributed by atoms with Gasteiger partial charge in [-0.25, -0.2) is 13.4 Å². The van der Waals surface area contributed by atoms with E-state index in [0.717, 1.165) is 6.20 Å². The summed E-state index contributed by atoms with van der Waals surface area (Å²) in [6.07, 6.45) is 1.08. The molecular weight excluding hydrogens is 318 g/mol. The number of halogens is 1. The second kappa shape index (κ2) is 5.66. The predicted molar refractivity (Wildman–Crippen MR) is 77.9 cm³/mol. The van der Waals surface area contributed by atoms with Crippen LogP contribution >= 0.6 is 11.6 Å². The molecule has 21 heavy (non-hydrogen) atoms. The minimum Gasteiger partial charge on any atom is -0.273 e. The number of aryl methyl sites for hydroxylation is 1. The van der Waals surface area contributed by atoms with Crippen LogP contribution in [0.15, 0.2) is 41.4 Å². The molecule has 0 fully saturated rings. The first-order valence-electron chi connectivity index (χ1n) is 5.69. The van der Waals surface area contributed by atoms with Crippen LogP contribution in [0.4, 0.5) is 11.4 Å². The summed E-state index contributed by atoms with van der Waals surface area (Å²) in [6, 6.07) is 6.74. The van der Waals surface area contributed by atoms with Crippen molar-refractivity contribution >= 4 is 33.0 Å². The van der Waals surface area contributed by atoms with Crippen molar-refractivity contribution in [2.45, 2.75) is 11.8 Å². The molecule has 0 bridgehead atoms. The average molecular weight is 328 g/mol. The molecule has 0 saturated heterocycles. The van der Waals surface area contributed by atoms with Crippen LogP contribution in [0.25, 0.3) is 0 Å². The van der Waals surface area contributed by atoms with Gasteiger partial charge in [0.05, 0.1) is 4.92 Å². The monoisotopic (exact) mass is 327 g/mol. The number of pyridine rings is 1. The molecule has 0 aliphatic carbocycles. The number of anilines is 1. The van der Waals surface area contributed by atoms with Crippen molar-refractivity contribution in [2.75, 3.05) is 4.72 Å². The Balaban J connectivity index is 2.43. The van der Waals surface area contributed by atoms with E-state index in [2.05, 4.69) is 9.71 Å². The van der Waals surface area contributed by atoms with Crippen LogP contribution in [0.5, 0.6) is 0 Å². The molecule has 9 heteroatoms. The lowest BCUT2D eigenvalue weighted by molar-refractivity contribution is -0.383. The lowest BCUT2D eigenvalue weighted by Gasteiger charge is -2.09. The van der Waals surface area contributed by atoms with Gasteiger partial charge in [-0.15, -0.1) is 0 Å². The summed E-state index contributed by atoms with van der Waals surface area (Å²) in [6.45, 7) is 1.70. The number of sulfonamides is 1. The van der Waals surface area contributed by atoms with E-state index >= 15 is 0 Å². The van der Waals surface area contributed by atoms with Gasteiger partial charge in [0.25, 0.3) is 15.7 Å². The molecule has 7 nitrogen and oxygen atoms in total. The Morgan fingerprint density at radius 2 is 2.00 bits per heavy atom. The number of aromatic nitrogens is 1. The molecule has 1 N–H and O–H groups in total. The fourth-order valence-corrected chi connectivity index (χ4v) is 2.74. The maximum absolute atomic E-state index is 12.2. The van der Waals surface area contributed by atoms with Gasteiger partial charge >= 0.3 is 0 Å². The van der Waals surface area contributed by atoms with Gasteiger partial charge in [-0.1, -0.05) is 17.7 Å². The molecule has 0 saturated carbocycles. The fourth-order valence-electron chi connectivity index (χ4n) is 1.62. The minimum absolute atomic E-state index is 0.102. The summed E-state index contributed by atoms with van der Waals surface area (Å²) in [5, 5.41) is 11.1. The first kappa shape index (κ1) is 15.2. The number of nitro groups is 1. The van der Waals surface area contributed by atoms with Gasteiger partial charge in [-0.3, -0.25) is 14.8 Å². The number of hydrogen-bond donors (Lipinski definition) is 1. The molecule has 1 aromatic heterocycles. The number of nitrogens with zero attached hydrogens (tertiary/aromatic N) is 2. The SMILES string of the molecule is Cc1ccc([N+](=O)[O-])c(NS(=O)(=O)c2ccc(Cl)nc2)c1. The molecule has 2 rings (SSSR count). The van der Waals surface area contributed by atoms with Gasteiger partial charge in [0.1, 0.15) is 15.7 Å². The Morgan fingerprint density at radius 3 is 2.57 bits per heavy atom. The molecule has 1 heterocycles. The molecule has 110 valence electrons. The zero-order valence-electron chi connectivity index (χ0n) is 10.8. The number of hydrogen-bond acceptors (Lipinski definition) is 5. The highest BCUT2D eigenvalue weighted by Crippen LogP contribution is 2.27. The van der Waals surface area contributed by atoms with Gasteiger partial charge in [-0.05, 0) is 30.7 Å². The van der Waals surface area contributed by atoms with Crippen LogP contribution in [-0.4, -0.2) is 18.3 Å². The first-order valence-corrected chi connectivity index (χ1v) is 7.55. The third-order valence-electron chi connectivity index (χ3n) is 2.60. The van der Waals surface area contributed by atoms with Crippen LogP contribution < -0.4 is 4.72 Å². The molecule has 0 aliphatic rings. The average Bonchev–Trinajstić information content (AvgIpc) is 2.38. The normalized spacial score (nSPS) is 11.1. The van der Waals surface area contributed by atoms with E-state index in [9.17, 15) is 18.5 Å². The first-order chi connectivity index (χ1) is 9.79. The quantitative estimate of drug-likeness (QED) is 0.528. The van der Waals surface area contributed by atoms with Crippen molar-refractivity contribution in [1.82, 2.24) is 4.98 Å². The molecular formula is C12H10ClN3O4S. The zero-order chi connectivity index (χ0) is 15.6. The van der Waals surface area contributed by atoms with E-state index in [1.165, 1.54) is 30.3 Å². The van der Waals surface area contributed by atoms with Crippen molar-refractivity contribution in [1.29, 1.82) is 0 Å². The van der Waals surface area contributed by atoms with Crippen LogP contribution in [-0.2, 0) is 10.0 Å². The summed E-state index contributed by atoms with van der Waals surface area (Å²) in [7, 11) is -3.98. The topological polar surface area (TPSA) is 102 Å². The molecule has 0 amide bonds. The molecule has 2 aromatic rings. The lowest BCUT2D eigenvalue weighted by atomic mass is 10.2. The van der Waals surface area contributed by atoms with Crippen molar-refractivity contribution < 1.29 is 13.3 Å². The zero-order valence-corrected chi connectivity index (χ0v) is 12.4. The number of rotatable bonds is 4. The third kappa shape index (κ3) is 3.47. The highest BCUT2D eigenvalue weighted by molar-refractivity contribution is 7.92. The lowest BCUT2D eigenvalue weighted by Crippen LogP contribution is -2.14. The highest BCUT2D eigenvalue weighted by Gasteiger charge is 2.21. The number of nitro benzene ring substituents is 1. The van der Waals surface area contributed by atoms with Crippen LogP contribution in [0.3, 0.4) is 0 Å². The maximum atomic E-state index is 12.2. The molecule has 1 aromatic carbocycles. The smallest absolute Gasteiger partial charge is 0.273 e. The summed E-state index contributed by atoms with van der Waals surface area (Å²) in [5.41, 5.74) is 0.258. The Labute approximate surface area is 125 Å². The van der Waals surface area contributed by atoms with Gasteiger partial charge in [0.15, 0.2) is 0 Å². The summed E-state index contributed by atoms with van der Waals surface area (Å²) < 4.78 is 26.6. The van der Waals surface area contributed by atoms with E-state index < -0.39 is 14.9 Å². The standard InChI is InChI=1S/C12H10ClN3O4S/c1-8-2-4-11(16(17)18)10(6-8)15-21(19,20)9-3-5-12(13)14-7-9/h2-7,15H,1H3. The Morgan fingerprint density at radius 1 is 1.29 bits per heavy atom. The van der Waals surface area contributed by atoms with E-state index in [1.807, 2.05) is 0 Å². The van der Waals surface area contributed by atoms with Crippen molar-refractivity contribution in [3.05, 3.63) is 57.4 Å². The Bertz CT molecular complexity index is 791. The van der Waals surface area contributed by atoms with E-state index in [0.29, 0.717) is 5.56 Å². The van der Waals surface area contributed by atoms with Gasteiger partial charge in [-0.2, -0.15) is 0 Å². The summed E-state index contributed by atoms with van der Waals surface area (Å²) in [5.74, 6) is 0. The summed E-state index contributed by atoms with van der Waals surface area (Å²) >= 11 is 5.59. The van der Waals surface area contributed by atoms with E-state index in [4.69, 9.17) is 11.6 Å². The van der Waals surface area contributed by atoms with Gasteiger partial charge in [0, 0.05) is 12.3 Å². The largest absolute Gasteiger partial charge is 0.293 e. The Hall–Kier alpha value is -2.19. The van der Waals surface area contributed by atoms with Crippen LogP contribution in [0.2, 0.25) is 5.15 Å². The molecule has 0 radical (unpaired) electrons. The molecule has 0 spiro atoms. The third-order valence-corrected chi connectivity index (χ3v) is 4.18. The van der Waals surface area contributed by atoms with Crippen molar-refractivity contribution in [3.63, 3.8) is 0 Å². The molecule has 0 atom stereocenters. The predicted octanol–water partition coefficient (Wildman–Crippen LogP) is 2.75. The van der Waals surface area contributed by atoms with E-state index in [1.54, 1.807) is 6.92 Å². The van der Waals surface area contributed by atoms with Crippen LogP contribution in [0, 0.1) is 17.0 Å². The van der Waals surface area contributed by atoms with Gasteiger partial charge < -0.3 is 0 Å². The fraction of sp³-hybridized carbons (Fsp3) is 0.0833. The van der Waals surface area contributed by atoms with Crippen LogP contribution in [0.1, 0.15) is 5.56 Å². The van der Waals surface area contributed by atoms with Crippen molar-refractivity contribution in [3.8, 4) is 0 Å². The van der Waals surface area contributed by atoms with Crippen molar-refractivity contribution in [2.24, 2.45) is 0 Å². The number of benzene rings is 1. The minimum atomic E-state index is -3.98. The van der Waals surface area contributed by atoms with E-state index in [-0.39, 0.29) is 21.4 Å². The molecule has 0 aliphatic heterocycles. The maximum Gasteiger partial charge on any atom is 0.293 e. The second-order valence-corrected chi connectivity index (χ2v) is 6.27. The Kier molecular flexibility index (Phi) is 4.10. The number of nitrogens with one attached hydrogen (secondary N) is 1. The van der Waals surface area contributed by atoms with Gasteiger partial charge in [0.2, 0.25) is 0 Å².